The third-order valence-corrected chi connectivity index (χ3v) is 4.46. The Morgan fingerprint density at radius 1 is 1.32 bits per heavy atom. The fourth-order valence-corrected chi connectivity index (χ4v) is 3.20. The zero-order valence-corrected chi connectivity index (χ0v) is 12.3. The van der Waals surface area contributed by atoms with Crippen LogP contribution in [0.15, 0.2) is 30.2 Å². The highest BCUT2D eigenvalue weighted by Crippen LogP contribution is 2.14. The lowest BCUT2D eigenvalue weighted by Crippen LogP contribution is -2.48. The summed E-state index contributed by atoms with van der Waals surface area (Å²) in [6, 6.07) is 4.32. The molecule has 1 unspecified atom stereocenters. The molecule has 2 rings (SSSR count). The molecule has 3 nitrogen and oxygen atoms in total. The Morgan fingerprint density at radius 3 is 2.68 bits per heavy atom. The first kappa shape index (κ1) is 14.7. The van der Waals surface area contributed by atoms with E-state index in [1.807, 2.05) is 17.4 Å². The second-order valence-electron chi connectivity index (χ2n) is 5.18. The fraction of sp³-hybridized carbons (Fsp3) is 0.600. The van der Waals surface area contributed by atoms with Crippen LogP contribution >= 0.6 is 11.3 Å². The van der Waals surface area contributed by atoms with E-state index in [1.165, 1.54) is 4.88 Å². The van der Waals surface area contributed by atoms with Crippen LogP contribution < -0.4 is 0 Å². The lowest BCUT2D eigenvalue weighted by molar-refractivity contribution is 0.0672. The molecule has 4 heteroatoms. The van der Waals surface area contributed by atoms with Gasteiger partial charge in [-0.15, -0.1) is 17.9 Å². The normalized spacial score (nSPS) is 19.4. The van der Waals surface area contributed by atoms with Crippen molar-refractivity contribution in [3.63, 3.8) is 0 Å². The average Bonchev–Trinajstić information content (AvgIpc) is 2.91. The molecule has 2 heterocycles. The Balaban J connectivity index is 1.66. The summed E-state index contributed by atoms with van der Waals surface area (Å²) in [6.07, 6.45) is 3.41. The summed E-state index contributed by atoms with van der Waals surface area (Å²) >= 11 is 1.83. The van der Waals surface area contributed by atoms with Gasteiger partial charge in [-0.05, 0) is 24.3 Å². The Labute approximate surface area is 120 Å². The van der Waals surface area contributed by atoms with Crippen LogP contribution in [0.1, 0.15) is 17.7 Å². The monoisotopic (exact) mass is 280 g/mol. The average molecular weight is 280 g/mol. The first-order valence-corrected chi connectivity index (χ1v) is 7.92. The molecule has 1 saturated heterocycles. The molecule has 0 radical (unpaired) electrons. The summed E-state index contributed by atoms with van der Waals surface area (Å²) in [7, 11) is 0. The van der Waals surface area contributed by atoms with E-state index in [1.54, 1.807) is 0 Å². The molecule has 0 saturated carbocycles. The van der Waals surface area contributed by atoms with E-state index in [-0.39, 0.29) is 6.10 Å². The first-order chi connectivity index (χ1) is 9.28. The highest BCUT2D eigenvalue weighted by Gasteiger charge is 2.19. The van der Waals surface area contributed by atoms with Crippen LogP contribution in [-0.2, 0) is 6.54 Å². The molecule has 106 valence electrons. The number of allylic oxidation sites excluding steroid dienone is 1. The summed E-state index contributed by atoms with van der Waals surface area (Å²) < 4.78 is 0. The van der Waals surface area contributed by atoms with Crippen molar-refractivity contribution in [3.05, 3.63) is 35.0 Å². The van der Waals surface area contributed by atoms with E-state index >= 15 is 0 Å². The summed E-state index contributed by atoms with van der Waals surface area (Å²) in [6.45, 7) is 9.91. The van der Waals surface area contributed by atoms with Crippen LogP contribution in [0.3, 0.4) is 0 Å². The number of hydrogen-bond donors (Lipinski definition) is 1. The molecule has 1 aliphatic heterocycles. The van der Waals surface area contributed by atoms with Gasteiger partial charge in [0.1, 0.15) is 0 Å². The second-order valence-corrected chi connectivity index (χ2v) is 6.21. The van der Waals surface area contributed by atoms with Crippen molar-refractivity contribution < 1.29 is 5.11 Å². The van der Waals surface area contributed by atoms with Crippen LogP contribution in [0.4, 0.5) is 0 Å². The molecule has 1 aliphatic rings. The summed E-state index contributed by atoms with van der Waals surface area (Å²) in [5, 5.41) is 12.0. The third kappa shape index (κ3) is 5.07. The van der Waals surface area contributed by atoms with E-state index in [2.05, 4.69) is 33.9 Å². The van der Waals surface area contributed by atoms with Crippen molar-refractivity contribution >= 4 is 11.3 Å². The van der Waals surface area contributed by atoms with E-state index < -0.39 is 0 Å². The van der Waals surface area contributed by atoms with Crippen molar-refractivity contribution in [1.82, 2.24) is 9.80 Å². The number of thiophene rings is 1. The largest absolute Gasteiger partial charge is 0.392 e. The summed E-state index contributed by atoms with van der Waals surface area (Å²) in [5.41, 5.74) is 0. The Morgan fingerprint density at radius 2 is 2.05 bits per heavy atom. The molecule has 0 spiro atoms. The van der Waals surface area contributed by atoms with E-state index in [0.717, 1.165) is 52.1 Å². The van der Waals surface area contributed by atoms with E-state index in [0.29, 0.717) is 0 Å². The SMILES string of the molecule is C=CCCC(O)CN1CCN(Cc2cccs2)CC1. The van der Waals surface area contributed by atoms with Gasteiger partial charge in [0.05, 0.1) is 6.10 Å². The number of piperazine rings is 1. The number of hydrogen-bond acceptors (Lipinski definition) is 4. The maximum atomic E-state index is 9.90. The highest BCUT2D eigenvalue weighted by molar-refractivity contribution is 7.09. The second kappa shape index (κ2) is 7.80. The van der Waals surface area contributed by atoms with Gasteiger partial charge in [0.25, 0.3) is 0 Å². The van der Waals surface area contributed by atoms with Gasteiger partial charge in [-0.2, -0.15) is 0 Å². The fourth-order valence-electron chi connectivity index (χ4n) is 2.45. The number of nitrogens with zero attached hydrogens (tertiary/aromatic N) is 2. The van der Waals surface area contributed by atoms with Crippen LogP contribution in [-0.4, -0.2) is 53.7 Å². The van der Waals surface area contributed by atoms with E-state index in [4.69, 9.17) is 0 Å². The van der Waals surface area contributed by atoms with Crippen LogP contribution in [0, 0.1) is 0 Å². The lowest BCUT2D eigenvalue weighted by atomic mass is 10.1. The third-order valence-electron chi connectivity index (χ3n) is 3.60. The molecule has 0 amide bonds. The summed E-state index contributed by atoms with van der Waals surface area (Å²) in [5.74, 6) is 0. The molecular formula is C15H24N2OS. The Kier molecular flexibility index (Phi) is 6.04. The predicted octanol–water partition coefficient (Wildman–Crippen LogP) is 2.19. The van der Waals surface area contributed by atoms with Gasteiger partial charge in [0.2, 0.25) is 0 Å². The number of aliphatic hydroxyl groups is 1. The van der Waals surface area contributed by atoms with Gasteiger partial charge in [-0.3, -0.25) is 9.80 Å². The lowest BCUT2D eigenvalue weighted by Gasteiger charge is -2.35. The minimum absolute atomic E-state index is 0.207. The molecule has 19 heavy (non-hydrogen) atoms. The maximum absolute atomic E-state index is 9.90. The molecule has 1 fully saturated rings. The zero-order valence-electron chi connectivity index (χ0n) is 11.5. The van der Waals surface area contributed by atoms with Gasteiger partial charge in [0.15, 0.2) is 0 Å². The molecule has 1 aromatic heterocycles. The molecule has 1 atom stereocenters. The Hall–Kier alpha value is -0.680. The molecule has 0 aliphatic carbocycles. The number of rotatable bonds is 7. The van der Waals surface area contributed by atoms with Gasteiger partial charge in [0, 0.05) is 44.1 Å². The van der Waals surface area contributed by atoms with Crippen LogP contribution in [0.2, 0.25) is 0 Å². The van der Waals surface area contributed by atoms with Crippen molar-refractivity contribution in [2.45, 2.75) is 25.5 Å². The highest BCUT2D eigenvalue weighted by atomic mass is 32.1. The van der Waals surface area contributed by atoms with E-state index in [9.17, 15) is 5.11 Å². The van der Waals surface area contributed by atoms with Crippen molar-refractivity contribution in [2.75, 3.05) is 32.7 Å². The number of aliphatic hydroxyl groups excluding tert-OH is 1. The van der Waals surface area contributed by atoms with Crippen molar-refractivity contribution in [3.8, 4) is 0 Å². The van der Waals surface area contributed by atoms with Gasteiger partial charge in [-0.1, -0.05) is 12.1 Å². The molecule has 1 N–H and O–H groups in total. The van der Waals surface area contributed by atoms with Gasteiger partial charge in [-0.25, -0.2) is 0 Å². The van der Waals surface area contributed by atoms with Crippen molar-refractivity contribution in [1.29, 1.82) is 0 Å². The van der Waals surface area contributed by atoms with Crippen LogP contribution in [0.25, 0.3) is 0 Å². The molecular weight excluding hydrogens is 256 g/mol. The minimum atomic E-state index is -0.207. The molecule has 0 aromatic carbocycles. The summed E-state index contributed by atoms with van der Waals surface area (Å²) in [4.78, 5) is 6.32. The quantitative estimate of drug-likeness (QED) is 0.776. The van der Waals surface area contributed by atoms with Crippen LogP contribution in [0.5, 0.6) is 0 Å². The zero-order chi connectivity index (χ0) is 13.5. The smallest absolute Gasteiger partial charge is 0.0670 e. The molecule has 1 aromatic rings. The van der Waals surface area contributed by atoms with Gasteiger partial charge < -0.3 is 5.11 Å². The predicted molar refractivity (Wildman–Crippen MR) is 81.5 cm³/mol. The number of β-amino-alcohol motifs (C(OH)–C–C–N with tert-alkyl or cyclic N) is 1. The minimum Gasteiger partial charge on any atom is -0.392 e. The topological polar surface area (TPSA) is 26.7 Å². The Bertz CT molecular complexity index is 358. The standard InChI is InChI=1S/C15H24N2OS/c1-2-3-5-14(18)12-16-7-9-17(10-8-16)13-15-6-4-11-19-15/h2,4,6,11,14,18H,1,3,5,7-10,12-13H2. The maximum Gasteiger partial charge on any atom is 0.0670 e. The van der Waals surface area contributed by atoms with Crippen molar-refractivity contribution in [2.24, 2.45) is 0 Å². The first-order valence-electron chi connectivity index (χ1n) is 7.04. The van der Waals surface area contributed by atoms with Gasteiger partial charge >= 0.3 is 0 Å². The molecule has 0 bridgehead atoms.